The van der Waals surface area contributed by atoms with Crippen molar-refractivity contribution in [3.8, 4) is 5.75 Å². The molecule has 1 amide bonds. The van der Waals surface area contributed by atoms with Gasteiger partial charge in [-0.2, -0.15) is 0 Å². The molecule has 0 spiro atoms. The number of benzene rings is 2. The van der Waals surface area contributed by atoms with Crippen LogP contribution < -0.4 is 4.74 Å². The summed E-state index contributed by atoms with van der Waals surface area (Å²) in [5, 5.41) is 1.27. The zero-order chi connectivity index (χ0) is 24.6. The molecule has 1 aromatic heterocycles. The predicted molar refractivity (Wildman–Crippen MR) is 145 cm³/mol. The lowest BCUT2D eigenvalue weighted by atomic mass is 9.89. The van der Waals surface area contributed by atoms with Crippen LogP contribution >= 0.6 is 0 Å². The second-order valence-electron chi connectivity index (χ2n) is 11.1. The quantitative estimate of drug-likeness (QED) is 0.438. The Hall–Kier alpha value is -2.79. The number of hydrogen-bond donors (Lipinski definition) is 0. The number of likely N-dealkylation sites (tertiary alicyclic amines) is 1. The third-order valence-electron chi connectivity index (χ3n) is 8.77. The standard InChI is InChI=1S/C31H39N3O2/c1-3-36-26-10-7-23(8-11-26)20-34-29-12-9-24(31(35)32-16-13-22(2)14-17-32)19-27(29)28-21-33(18-15-30(28)34)25-5-4-6-25/h7-12,19,22,25H,3-6,13-18,20-21H2,1-2H3. The Bertz CT molecular complexity index is 1230. The van der Waals surface area contributed by atoms with Gasteiger partial charge in [-0.05, 0) is 80.0 Å². The summed E-state index contributed by atoms with van der Waals surface area (Å²) in [6.45, 7) is 9.74. The zero-order valence-corrected chi connectivity index (χ0v) is 21.8. The molecule has 6 rings (SSSR count). The number of fused-ring (bicyclic) bond motifs is 3. The maximum absolute atomic E-state index is 13.4. The first-order chi connectivity index (χ1) is 17.6. The average molecular weight is 486 g/mol. The molecule has 0 atom stereocenters. The van der Waals surface area contributed by atoms with Crippen LogP contribution in [0.5, 0.6) is 5.75 Å². The highest BCUT2D eigenvalue weighted by Crippen LogP contribution is 2.36. The number of amides is 1. The van der Waals surface area contributed by atoms with Crippen LogP contribution in [0.3, 0.4) is 0 Å². The van der Waals surface area contributed by atoms with Gasteiger partial charge in [-0.15, -0.1) is 0 Å². The highest BCUT2D eigenvalue weighted by Gasteiger charge is 2.31. The summed E-state index contributed by atoms with van der Waals surface area (Å²) in [6.07, 6.45) is 7.32. The molecule has 2 aromatic carbocycles. The molecule has 190 valence electrons. The fourth-order valence-corrected chi connectivity index (χ4v) is 6.28. The number of carbonyl (C=O) groups is 1. The van der Waals surface area contributed by atoms with Crippen molar-refractivity contribution in [1.29, 1.82) is 0 Å². The van der Waals surface area contributed by atoms with E-state index in [-0.39, 0.29) is 5.91 Å². The Morgan fingerprint density at radius 1 is 1.00 bits per heavy atom. The smallest absolute Gasteiger partial charge is 0.253 e. The van der Waals surface area contributed by atoms with Gasteiger partial charge >= 0.3 is 0 Å². The molecule has 5 nitrogen and oxygen atoms in total. The highest BCUT2D eigenvalue weighted by molar-refractivity contribution is 5.99. The second kappa shape index (κ2) is 9.93. The minimum absolute atomic E-state index is 0.198. The zero-order valence-electron chi connectivity index (χ0n) is 21.8. The fraction of sp³-hybridized carbons (Fsp3) is 0.516. The second-order valence-corrected chi connectivity index (χ2v) is 11.1. The molecule has 1 saturated carbocycles. The molecule has 3 aromatic rings. The topological polar surface area (TPSA) is 37.7 Å². The molecule has 5 heteroatoms. The number of piperidine rings is 1. The largest absolute Gasteiger partial charge is 0.494 e. The van der Waals surface area contributed by atoms with Gasteiger partial charge in [-0.1, -0.05) is 25.5 Å². The van der Waals surface area contributed by atoms with E-state index in [4.69, 9.17) is 4.74 Å². The number of carbonyl (C=O) groups excluding carboxylic acids is 1. The SMILES string of the molecule is CCOc1ccc(Cn2c3c(c4cc(C(=O)N5CCC(C)CC5)ccc42)CN(C2CCC2)CC3)cc1. The predicted octanol–water partition coefficient (Wildman–Crippen LogP) is 5.87. The molecular weight excluding hydrogens is 446 g/mol. The van der Waals surface area contributed by atoms with E-state index in [1.165, 1.54) is 47.0 Å². The summed E-state index contributed by atoms with van der Waals surface area (Å²) in [4.78, 5) is 18.2. The van der Waals surface area contributed by atoms with Gasteiger partial charge in [0.05, 0.1) is 6.61 Å². The summed E-state index contributed by atoms with van der Waals surface area (Å²) in [7, 11) is 0. The lowest BCUT2D eigenvalue weighted by Gasteiger charge is -2.40. The van der Waals surface area contributed by atoms with Crippen molar-refractivity contribution in [2.24, 2.45) is 5.92 Å². The maximum Gasteiger partial charge on any atom is 0.253 e. The van der Waals surface area contributed by atoms with Crippen LogP contribution in [0.1, 0.15) is 73.1 Å². The Morgan fingerprint density at radius 2 is 1.78 bits per heavy atom. The number of aromatic nitrogens is 1. The third-order valence-corrected chi connectivity index (χ3v) is 8.77. The van der Waals surface area contributed by atoms with Crippen molar-refractivity contribution in [3.05, 3.63) is 64.8 Å². The van der Waals surface area contributed by atoms with Crippen molar-refractivity contribution >= 4 is 16.8 Å². The minimum Gasteiger partial charge on any atom is -0.494 e. The van der Waals surface area contributed by atoms with E-state index in [9.17, 15) is 4.79 Å². The van der Waals surface area contributed by atoms with Crippen molar-refractivity contribution in [3.63, 3.8) is 0 Å². The molecule has 2 fully saturated rings. The van der Waals surface area contributed by atoms with Crippen LogP contribution in [0.25, 0.3) is 10.9 Å². The fourth-order valence-electron chi connectivity index (χ4n) is 6.28. The van der Waals surface area contributed by atoms with Gasteiger partial charge in [-0.25, -0.2) is 0 Å². The highest BCUT2D eigenvalue weighted by atomic mass is 16.5. The van der Waals surface area contributed by atoms with E-state index in [2.05, 4.69) is 63.8 Å². The third kappa shape index (κ3) is 4.43. The Labute approximate surface area is 215 Å². The van der Waals surface area contributed by atoms with Gasteiger partial charge in [-0.3, -0.25) is 9.69 Å². The Balaban J connectivity index is 1.35. The molecule has 0 unspecified atom stereocenters. The van der Waals surface area contributed by atoms with E-state index in [0.29, 0.717) is 6.61 Å². The van der Waals surface area contributed by atoms with E-state index < -0.39 is 0 Å². The summed E-state index contributed by atoms with van der Waals surface area (Å²) < 4.78 is 8.16. The molecule has 36 heavy (non-hydrogen) atoms. The summed E-state index contributed by atoms with van der Waals surface area (Å²) in [5.41, 5.74) is 6.27. The lowest BCUT2D eigenvalue weighted by Crippen LogP contribution is -2.43. The molecule has 3 heterocycles. The van der Waals surface area contributed by atoms with Gasteiger partial charge in [0.2, 0.25) is 0 Å². The van der Waals surface area contributed by atoms with E-state index in [1.807, 2.05) is 6.92 Å². The van der Waals surface area contributed by atoms with Gasteiger partial charge in [0.25, 0.3) is 5.91 Å². The van der Waals surface area contributed by atoms with Gasteiger partial charge in [0.1, 0.15) is 5.75 Å². The van der Waals surface area contributed by atoms with Crippen LogP contribution in [-0.2, 0) is 19.5 Å². The Kier molecular flexibility index (Phi) is 6.51. The van der Waals surface area contributed by atoms with Crippen molar-refractivity contribution in [2.45, 2.75) is 71.5 Å². The normalized spacial score (nSPS) is 19.3. The van der Waals surface area contributed by atoms with E-state index >= 15 is 0 Å². The van der Waals surface area contributed by atoms with Crippen LogP contribution in [0.15, 0.2) is 42.5 Å². The van der Waals surface area contributed by atoms with Gasteiger partial charge in [0, 0.05) is 67.3 Å². The molecule has 3 aliphatic rings. The number of nitrogens with zero attached hydrogens (tertiary/aromatic N) is 3. The maximum atomic E-state index is 13.4. The van der Waals surface area contributed by atoms with Crippen molar-refractivity contribution in [1.82, 2.24) is 14.4 Å². The van der Waals surface area contributed by atoms with Gasteiger partial charge < -0.3 is 14.2 Å². The first kappa shape index (κ1) is 23.6. The molecule has 1 saturated heterocycles. The Morgan fingerprint density at radius 3 is 2.47 bits per heavy atom. The first-order valence-electron chi connectivity index (χ1n) is 14.0. The van der Waals surface area contributed by atoms with Crippen LogP contribution in [0.2, 0.25) is 0 Å². The first-order valence-corrected chi connectivity index (χ1v) is 14.0. The molecule has 0 N–H and O–H groups in total. The lowest BCUT2D eigenvalue weighted by molar-refractivity contribution is 0.0697. The van der Waals surface area contributed by atoms with E-state index in [0.717, 1.165) is 75.3 Å². The summed E-state index contributed by atoms with van der Waals surface area (Å²) in [6, 6.07) is 15.7. The minimum atomic E-state index is 0.198. The van der Waals surface area contributed by atoms with Crippen LogP contribution in [0.4, 0.5) is 0 Å². The average Bonchev–Trinajstić information content (AvgIpc) is 3.16. The molecule has 0 bridgehead atoms. The number of hydrogen-bond acceptors (Lipinski definition) is 3. The molecule has 1 aliphatic carbocycles. The molecular formula is C31H39N3O2. The van der Waals surface area contributed by atoms with Crippen LogP contribution in [-0.4, -0.2) is 52.6 Å². The molecule has 0 radical (unpaired) electrons. The number of ether oxygens (including phenoxy) is 1. The van der Waals surface area contributed by atoms with Crippen molar-refractivity contribution < 1.29 is 9.53 Å². The van der Waals surface area contributed by atoms with Crippen molar-refractivity contribution in [2.75, 3.05) is 26.2 Å². The van der Waals surface area contributed by atoms with Crippen LogP contribution in [0, 0.1) is 5.92 Å². The van der Waals surface area contributed by atoms with Gasteiger partial charge in [0.15, 0.2) is 0 Å². The molecule has 2 aliphatic heterocycles. The summed E-state index contributed by atoms with van der Waals surface area (Å²) in [5.74, 6) is 1.84. The summed E-state index contributed by atoms with van der Waals surface area (Å²) >= 11 is 0. The van der Waals surface area contributed by atoms with E-state index in [1.54, 1.807) is 0 Å². The number of rotatable bonds is 6. The monoisotopic (exact) mass is 485 g/mol.